The molecule has 1 amide bonds. The van der Waals surface area contributed by atoms with Crippen LogP contribution < -0.4 is 10.2 Å². The van der Waals surface area contributed by atoms with Crippen molar-refractivity contribution in [3.8, 4) is 5.75 Å². The lowest BCUT2D eigenvalue weighted by molar-refractivity contribution is -0.118. The highest BCUT2D eigenvalue weighted by Crippen LogP contribution is 2.22. The smallest absolute Gasteiger partial charge is 0.250 e. The molecular formula is C17H16Br2N2O2S. The van der Waals surface area contributed by atoms with Crippen molar-refractivity contribution in [2.45, 2.75) is 5.75 Å². The maximum atomic E-state index is 11.8. The molecule has 0 aromatic heterocycles. The van der Waals surface area contributed by atoms with Gasteiger partial charge in [0.2, 0.25) is 5.91 Å². The van der Waals surface area contributed by atoms with E-state index in [0.717, 1.165) is 25.8 Å². The van der Waals surface area contributed by atoms with Gasteiger partial charge in [-0.05, 0) is 29.8 Å². The van der Waals surface area contributed by atoms with E-state index in [0.29, 0.717) is 11.5 Å². The van der Waals surface area contributed by atoms with Gasteiger partial charge < -0.3 is 4.74 Å². The zero-order valence-corrected chi connectivity index (χ0v) is 16.9. The van der Waals surface area contributed by atoms with Crippen molar-refractivity contribution in [1.82, 2.24) is 5.43 Å². The van der Waals surface area contributed by atoms with E-state index < -0.39 is 0 Å². The average Bonchev–Trinajstić information content (AvgIpc) is 2.57. The minimum Gasteiger partial charge on any atom is -0.496 e. The van der Waals surface area contributed by atoms with E-state index in [-0.39, 0.29) is 5.91 Å². The van der Waals surface area contributed by atoms with Crippen molar-refractivity contribution in [1.29, 1.82) is 0 Å². The van der Waals surface area contributed by atoms with Gasteiger partial charge in [0.1, 0.15) is 5.75 Å². The van der Waals surface area contributed by atoms with Gasteiger partial charge in [-0.1, -0.05) is 50.1 Å². The van der Waals surface area contributed by atoms with Crippen LogP contribution >= 0.6 is 43.6 Å². The number of nitrogens with zero attached hydrogens (tertiary/aromatic N) is 1. The lowest BCUT2D eigenvalue weighted by Gasteiger charge is -2.05. The summed E-state index contributed by atoms with van der Waals surface area (Å²) in [4.78, 5) is 11.8. The highest BCUT2D eigenvalue weighted by atomic mass is 79.9. The van der Waals surface area contributed by atoms with Crippen LogP contribution in [-0.2, 0) is 10.5 Å². The number of hydrazone groups is 1. The lowest BCUT2D eigenvalue weighted by Crippen LogP contribution is -2.19. The summed E-state index contributed by atoms with van der Waals surface area (Å²) in [7, 11) is 1.59. The Bertz CT molecular complexity index is 738. The number of carbonyl (C=O) groups excluding carboxylic acids is 1. The summed E-state index contributed by atoms with van der Waals surface area (Å²) < 4.78 is 7.22. The number of thioether (sulfide) groups is 1. The van der Waals surface area contributed by atoms with Crippen LogP contribution in [0.25, 0.3) is 0 Å². The van der Waals surface area contributed by atoms with Crippen LogP contribution in [0.5, 0.6) is 5.75 Å². The number of amides is 1. The van der Waals surface area contributed by atoms with Gasteiger partial charge in [0, 0.05) is 20.3 Å². The van der Waals surface area contributed by atoms with Crippen LogP contribution in [0, 0.1) is 0 Å². The van der Waals surface area contributed by atoms with Gasteiger partial charge in [0.05, 0.1) is 19.1 Å². The maximum Gasteiger partial charge on any atom is 0.250 e. The van der Waals surface area contributed by atoms with Crippen LogP contribution in [0.2, 0.25) is 0 Å². The van der Waals surface area contributed by atoms with Crippen molar-refractivity contribution >= 4 is 55.7 Å². The molecule has 4 nitrogen and oxygen atoms in total. The molecule has 0 aliphatic heterocycles. The molecule has 0 bridgehead atoms. The number of methoxy groups -OCH3 is 1. The maximum absolute atomic E-state index is 11.8. The van der Waals surface area contributed by atoms with Crippen molar-refractivity contribution < 1.29 is 9.53 Å². The fourth-order valence-electron chi connectivity index (χ4n) is 1.88. The Morgan fingerprint density at radius 3 is 2.83 bits per heavy atom. The quantitative estimate of drug-likeness (QED) is 0.474. The van der Waals surface area contributed by atoms with Crippen LogP contribution in [-0.4, -0.2) is 25.0 Å². The van der Waals surface area contributed by atoms with Gasteiger partial charge in [-0.2, -0.15) is 5.10 Å². The minimum absolute atomic E-state index is 0.141. The monoisotopic (exact) mass is 470 g/mol. The molecule has 1 N–H and O–H groups in total. The van der Waals surface area contributed by atoms with Gasteiger partial charge >= 0.3 is 0 Å². The number of benzene rings is 2. The largest absolute Gasteiger partial charge is 0.496 e. The second kappa shape index (κ2) is 9.86. The second-order valence-electron chi connectivity index (χ2n) is 4.76. The zero-order chi connectivity index (χ0) is 17.4. The summed E-state index contributed by atoms with van der Waals surface area (Å²) in [5.41, 5.74) is 4.48. The molecule has 2 aromatic rings. The van der Waals surface area contributed by atoms with Gasteiger partial charge in [-0.25, -0.2) is 5.43 Å². The molecule has 7 heteroatoms. The van der Waals surface area contributed by atoms with E-state index in [1.54, 1.807) is 13.3 Å². The number of ether oxygens (including phenoxy) is 1. The Hall–Kier alpha value is -1.31. The van der Waals surface area contributed by atoms with Crippen molar-refractivity contribution in [2.24, 2.45) is 5.10 Å². The number of hydrogen-bond acceptors (Lipinski definition) is 4. The van der Waals surface area contributed by atoms with Crippen molar-refractivity contribution in [2.75, 3.05) is 12.9 Å². The summed E-state index contributed by atoms with van der Waals surface area (Å²) in [6.07, 6.45) is 1.57. The molecule has 0 radical (unpaired) electrons. The number of rotatable bonds is 7. The highest BCUT2D eigenvalue weighted by molar-refractivity contribution is 9.10. The molecule has 0 aliphatic rings. The second-order valence-corrected chi connectivity index (χ2v) is 7.52. The van der Waals surface area contributed by atoms with Crippen LogP contribution in [0.15, 0.2) is 56.5 Å². The van der Waals surface area contributed by atoms with Gasteiger partial charge in [0.25, 0.3) is 0 Å². The first kappa shape index (κ1) is 19.0. The Morgan fingerprint density at radius 2 is 2.08 bits per heavy atom. The first-order chi connectivity index (χ1) is 11.6. The molecule has 2 aromatic carbocycles. The van der Waals surface area contributed by atoms with Crippen LogP contribution in [0.3, 0.4) is 0 Å². The Kier molecular flexibility index (Phi) is 7.81. The first-order valence-electron chi connectivity index (χ1n) is 7.06. The van der Waals surface area contributed by atoms with Gasteiger partial charge in [-0.3, -0.25) is 4.79 Å². The molecule has 0 atom stereocenters. The molecule has 24 heavy (non-hydrogen) atoms. The number of halogens is 2. The first-order valence-corrected chi connectivity index (χ1v) is 9.81. The van der Waals surface area contributed by atoms with Crippen molar-refractivity contribution in [3.63, 3.8) is 0 Å². The minimum atomic E-state index is -0.141. The molecule has 0 saturated carbocycles. The van der Waals surface area contributed by atoms with E-state index in [1.165, 1.54) is 11.8 Å². The standard InChI is InChI=1S/C17H16Br2N2O2S/c1-23-16-7-6-14(18)8-13(16)9-20-21-17(22)11-24-10-12-4-2-3-5-15(12)19/h2-9H,10-11H2,1H3,(H,21,22)/b20-9-. The fourth-order valence-corrected chi connectivity index (χ4v) is 3.69. The number of hydrogen-bond donors (Lipinski definition) is 1. The third-order valence-corrected chi connectivity index (χ3v) is 5.28. The molecule has 0 spiro atoms. The van der Waals surface area contributed by atoms with Crippen molar-refractivity contribution in [3.05, 3.63) is 62.5 Å². The Labute approximate surface area is 162 Å². The van der Waals surface area contributed by atoms with E-state index in [2.05, 4.69) is 42.4 Å². The van der Waals surface area contributed by atoms with E-state index >= 15 is 0 Å². The highest BCUT2D eigenvalue weighted by Gasteiger charge is 2.04. The van der Waals surface area contributed by atoms with Gasteiger partial charge in [-0.15, -0.1) is 11.8 Å². The molecule has 2 rings (SSSR count). The molecule has 0 heterocycles. The molecular weight excluding hydrogens is 456 g/mol. The normalized spacial score (nSPS) is 10.8. The third-order valence-electron chi connectivity index (χ3n) is 3.03. The topological polar surface area (TPSA) is 50.7 Å². The zero-order valence-electron chi connectivity index (χ0n) is 13.0. The Morgan fingerprint density at radius 1 is 1.29 bits per heavy atom. The predicted molar refractivity (Wildman–Crippen MR) is 107 cm³/mol. The number of nitrogens with one attached hydrogen (secondary N) is 1. The van der Waals surface area contributed by atoms with E-state index in [9.17, 15) is 4.79 Å². The van der Waals surface area contributed by atoms with E-state index in [4.69, 9.17) is 4.74 Å². The summed E-state index contributed by atoms with van der Waals surface area (Å²) in [6.45, 7) is 0. The molecule has 0 unspecified atom stereocenters. The van der Waals surface area contributed by atoms with Crippen LogP contribution in [0.4, 0.5) is 0 Å². The van der Waals surface area contributed by atoms with Crippen LogP contribution in [0.1, 0.15) is 11.1 Å². The molecule has 0 aliphatic carbocycles. The Balaban J connectivity index is 1.81. The molecule has 0 saturated heterocycles. The van der Waals surface area contributed by atoms with Gasteiger partial charge in [0.15, 0.2) is 0 Å². The summed E-state index contributed by atoms with van der Waals surface area (Å²) in [6, 6.07) is 13.6. The predicted octanol–water partition coefficient (Wildman–Crippen LogP) is 4.60. The SMILES string of the molecule is COc1ccc(Br)cc1/C=N\NC(=O)CSCc1ccccc1Br. The summed E-state index contributed by atoms with van der Waals surface area (Å²) >= 11 is 8.43. The molecule has 126 valence electrons. The summed E-state index contributed by atoms with van der Waals surface area (Å²) in [5.74, 6) is 1.66. The average molecular weight is 472 g/mol. The fraction of sp³-hybridized carbons (Fsp3) is 0.176. The summed E-state index contributed by atoms with van der Waals surface area (Å²) in [5, 5.41) is 3.99. The third kappa shape index (κ3) is 5.96. The molecule has 0 fully saturated rings. The van der Waals surface area contributed by atoms with E-state index in [1.807, 2.05) is 42.5 Å². The number of carbonyl (C=O) groups is 1. The lowest BCUT2D eigenvalue weighted by atomic mass is 10.2.